The lowest BCUT2D eigenvalue weighted by atomic mass is 10.1. The number of benzene rings is 2. The summed E-state index contributed by atoms with van der Waals surface area (Å²) >= 11 is 5.56. The minimum absolute atomic E-state index is 0.0264. The number of hydrogen-bond acceptors (Lipinski definition) is 3. The van der Waals surface area contributed by atoms with Crippen molar-refractivity contribution >= 4 is 34.8 Å². The van der Waals surface area contributed by atoms with Crippen LogP contribution in [0.5, 0.6) is 0 Å². The third-order valence-corrected chi connectivity index (χ3v) is 4.38. The van der Waals surface area contributed by atoms with Crippen LogP contribution in [0.25, 0.3) is 0 Å². The molecule has 0 atom stereocenters. The van der Waals surface area contributed by atoms with Crippen molar-refractivity contribution < 1.29 is 22.8 Å². The third kappa shape index (κ3) is 6.76. The molecule has 0 saturated carbocycles. The molecule has 2 N–H and O–H groups in total. The van der Waals surface area contributed by atoms with Crippen LogP contribution in [-0.4, -0.2) is 36.9 Å². The number of anilines is 2. The molecule has 2 aromatic rings. The number of nitrogens with zero attached hydrogens (tertiary/aromatic N) is 1. The van der Waals surface area contributed by atoms with Gasteiger partial charge in [0.1, 0.15) is 0 Å². The van der Waals surface area contributed by atoms with Gasteiger partial charge < -0.3 is 10.6 Å². The Hall–Kier alpha value is -2.58. The van der Waals surface area contributed by atoms with Crippen molar-refractivity contribution in [3.8, 4) is 0 Å². The number of rotatable bonds is 7. The monoisotopic (exact) mass is 427 g/mol. The first-order chi connectivity index (χ1) is 13.6. The Balaban J connectivity index is 1.91. The highest BCUT2D eigenvalue weighted by Gasteiger charge is 2.33. The van der Waals surface area contributed by atoms with E-state index < -0.39 is 22.7 Å². The molecule has 2 rings (SSSR count). The highest BCUT2D eigenvalue weighted by Crippen LogP contribution is 2.36. The summed E-state index contributed by atoms with van der Waals surface area (Å²) in [6.07, 6.45) is -3.86. The molecule has 0 aliphatic rings. The second kappa shape index (κ2) is 9.76. The van der Waals surface area contributed by atoms with E-state index in [-0.39, 0.29) is 24.7 Å². The van der Waals surface area contributed by atoms with E-state index in [1.165, 1.54) is 11.0 Å². The minimum atomic E-state index is -4.62. The Kier molecular flexibility index (Phi) is 7.64. The summed E-state index contributed by atoms with van der Waals surface area (Å²) in [5, 5.41) is 4.73. The molecular weight excluding hydrogens is 407 g/mol. The molecule has 0 spiro atoms. The van der Waals surface area contributed by atoms with Crippen molar-refractivity contribution in [3.05, 3.63) is 58.6 Å². The van der Waals surface area contributed by atoms with E-state index in [2.05, 4.69) is 10.6 Å². The van der Waals surface area contributed by atoms with Gasteiger partial charge in [-0.3, -0.25) is 14.5 Å². The molecule has 0 unspecified atom stereocenters. The normalized spacial score (nSPS) is 11.4. The molecule has 29 heavy (non-hydrogen) atoms. The SMILES string of the molecule is CCc1ccccc1NC(=O)CN(C)CC(=O)Nc1ccc(Cl)c(C(F)(F)F)c1. The molecule has 0 aliphatic heterocycles. The molecule has 0 aliphatic carbocycles. The molecule has 0 bridgehead atoms. The first-order valence-corrected chi connectivity index (χ1v) is 9.20. The van der Waals surface area contributed by atoms with Crippen molar-refractivity contribution in [1.29, 1.82) is 0 Å². The quantitative estimate of drug-likeness (QED) is 0.687. The summed E-state index contributed by atoms with van der Waals surface area (Å²) in [7, 11) is 1.56. The van der Waals surface area contributed by atoms with Gasteiger partial charge in [-0.05, 0) is 43.3 Å². The zero-order chi connectivity index (χ0) is 21.6. The van der Waals surface area contributed by atoms with Gasteiger partial charge in [-0.15, -0.1) is 0 Å². The zero-order valence-electron chi connectivity index (χ0n) is 15.9. The number of alkyl halides is 3. The van der Waals surface area contributed by atoms with Crippen molar-refractivity contribution in [2.24, 2.45) is 0 Å². The molecule has 2 aromatic carbocycles. The number of para-hydroxylation sites is 1. The van der Waals surface area contributed by atoms with Crippen molar-refractivity contribution in [2.75, 3.05) is 30.8 Å². The number of carbonyl (C=O) groups excluding carboxylic acids is 2. The number of carbonyl (C=O) groups is 2. The van der Waals surface area contributed by atoms with Crippen LogP contribution in [0, 0.1) is 0 Å². The van der Waals surface area contributed by atoms with Crippen LogP contribution < -0.4 is 10.6 Å². The molecule has 156 valence electrons. The summed E-state index contributed by atoms with van der Waals surface area (Å²) in [5.74, 6) is -0.850. The van der Waals surface area contributed by atoms with Crippen LogP contribution in [0.4, 0.5) is 24.5 Å². The fourth-order valence-electron chi connectivity index (χ4n) is 2.71. The van der Waals surface area contributed by atoms with E-state index in [1.54, 1.807) is 13.1 Å². The number of hydrogen-bond donors (Lipinski definition) is 2. The van der Waals surface area contributed by atoms with Gasteiger partial charge in [-0.1, -0.05) is 36.7 Å². The summed E-state index contributed by atoms with van der Waals surface area (Å²) in [4.78, 5) is 25.8. The summed E-state index contributed by atoms with van der Waals surface area (Å²) < 4.78 is 38.7. The average Bonchev–Trinajstić information content (AvgIpc) is 2.62. The van der Waals surface area contributed by atoms with Gasteiger partial charge in [0, 0.05) is 11.4 Å². The maximum absolute atomic E-state index is 12.9. The van der Waals surface area contributed by atoms with Crippen LogP contribution in [0.15, 0.2) is 42.5 Å². The lowest BCUT2D eigenvalue weighted by molar-refractivity contribution is -0.137. The zero-order valence-corrected chi connectivity index (χ0v) is 16.7. The molecule has 0 saturated heterocycles. The molecule has 5 nitrogen and oxygen atoms in total. The molecule has 0 fully saturated rings. The highest BCUT2D eigenvalue weighted by molar-refractivity contribution is 6.31. The van der Waals surface area contributed by atoms with Gasteiger partial charge >= 0.3 is 6.18 Å². The predicted molar refractivity (Wildman–Crippen MR) is 107 cm³/mol. The number of aryl methyl sites for hydroxylation is 1. The lowest BCUT2D eigenvalue weighted by Crippen LogP contribution is -2.36. The second-order valence-corrected chi connectivity index (χ2v) is 6.88. The van der Waals surface area contributed by atoms with Gasteiger partial charge in [0.15, 0.2) is 0 Å². The first kappa shape index (κ1) is 22.7. The fourth-order valence-corrected chi connectivity index (χ4v) is 2.93. The van der Waals surface area contributed by atoms with Gasteiger partial charge in [-0.25, -0.2) is 0 Å². The summed E-state index contributed by atoms with van der Waals surface area (Å²) in [6.45, 7) is 1.75. The maximum atomic E-state index is 12.9. The van der Waals surface area contributed by atoms with Crippen LogP contribution in [0.2, 0.25) is 5.02 Å². The predicted octanol–water partition coefficient (Wildman–Crippen LogP) is 4.43. The van der Waals surface area contributed by atoms with Gasteiger partial charge in [0.05, 0.1) is 23.7 Å². The number of amides is 2. The average molecular weight is 428 g/mol. The second-order valence-electron chi connectivity index (χ2n) is 6.47. The number of halogens is 4. The first-order valence-electron chi connectivity index (χ1n) is 8.83. The van der Waals surface area contributed by atoms with E-state index in [1.807, 2.05) is 25.1 Å². The summed E-state index contributed by atoms with van der Waals surface area (Å²) in [5.41, 5.74) is 0.642. The number of nitrogens with one attached hydrogen (secondary N) is 2. The minimum Gasteiger partial charge on any atom is -0.325 e. The Morgan fingerprint density at radius 2 is 1.66 bits per heavy atom. The standard InChI is InChI=1S/C20H21ClF3N3O2/c1-3-13-6-4-5-7-17(13)26-19(29)12-27(2)11-18(28)25-14-8-9-16(21)15(10-14)20(22,23)24/h4-10H,3,11-12H2,1-2H3,(H,25,28)(H,26,29). The van der Waals surface area contributed by atoms with Gasteiger partial charge in [0.2, 0.25) is 11.8 Å². The van der Waals surface area contributed by atoms with E-state index in [4.69, 9.17) is 11.6 Å². The lowest BCUT2D eigenvalue weighted by Gasteiger charge is -2.17. The van der Waals surface area contributed by atoms with E-state index >= 15 is 0 Å². The molecule has 2 amide bonds. The largest absolute Gasteiger partial charge is 0.417 e. The Morgan fingerprint density at radius 1 is 1.03 bits per heavy atom. The topological polar surface area (TPSA) is 61.4 Å². The van der Waals surface area contributed by atoms with E-state index in [0.29, 0.717) is 5.69 Å². The number of likely N-dealkylation sites (N-methyl/N-ethyl adjacent to an activating group) is 1. The smallest absolute Gasteiger partial charge is 0.325 e. The molecular formula is C20H21ClF3N3O2. The van der Waals surface area contributed by atoms with Crippen molar-refractivity contribution in [2.45, 2.75) is 19.5 Å². The molecule has 0 heterocycles. The maximum Gasteiger partial charge on any atom is 0.417 e. The summed E-state index contributed by atoms with van der Waals surface area (Å²) in [6, 6.07) is 10.5. The van der Waals surface area contributed by atoms with E-state index in [9.17, 15) is 22.8 Å². The van der Waals surface area contributed by atoms with Crippen LogP contribution in [0.1, 0.15) is 18.1 Å². The van der Waals surface area contributed by atoms with Crippen LogP contribution in [-0.2, 0) is 22.2 Å². The van der Waals surface area contributed by atoms with Crippen LogP contribution in [0.3, 0.4) is 0 Å². The van der Waals surface area contributed by atoms with Gasteiger partial charge in [0.25, 0.3) is 0 Å². The van der Waals surface area contributed by atoms with Crippen molar-refractivity contribution in [1.82, 2.24) is 4.90 Å². The van der Waals surface area contributed by atoms with Gasteiger partial charge in [-0.2, -0.15) is 13.2 Å². The Morgan fingerprint density at radius 3 is 2.28 bits per heavy atom. The van der Waals surface area contributed by atoms with Crippen molar-refractivity contribution in [3.63, 3.8) is 0 Å². The Labute approximate surface area is 171 Å². The molecule has 0 radical (unpaired) electrons. The highest BCUT2D eigenvalue weighted by atomic mass is 35.5. The van der Waals surface area contributed by atoms with E-state index in [0.717, 1.165) is 24.1 Å². The van der Waals surface area contributed by atoms with Crippen LogP contribution >= 0.6 is 11.6 Å². The third-order valence-electron chi connectivity index (χ3n) is 4.05. The molecule has 0 aromatic heterocycles. The molecule has 9 heteroatoms. The Bertz CT molecular complexity index is 888. The fraction of sp³-hybridized carbons (Fsp3) is 0.300.